The van der Waals surface area contributed by atoms with Gasteiger partial charge in [-0.2, -0.15) is 0 Å². The van der Waals surface area contributed by atoms with E-state index >= 15 is 0 Å². The Hall–Kier alpha value is -1.46. The van der Waals surface area contributed by atoms with Gasteiger partial charge in [-0.05, 0) is 31.2 Å². The molecule has 1 fully saturated rings. The lowest BCUT2D eigenvalue weighted by Gasteiger charge is -2.28. The Morgan fingerprint density at radius 1 is 1.41 bits per heavy atom. The number of nitrogens with zero attached hydrogens (tertiary/aromatic N) is 2. The number of anilines is 1. The van der Waals surface area contributed by atoms with Crippen LogP contribution in [0.2, 0.25) is 0 Å². The zero-order valence-electron chi connectivity index (χ0n) is 9.64. The Morgan fingerprint density at radius 3 is 2.65 bits per heavy atom. The molecular formula is C12H15FN2O2. The standard InChI is InChI=1S/C12H15FN2O2/c1-9(16)8-14-7-6-12(17)15(14)11-4-2-10(13)3-5-11/h2-5,9,16H,6-8H2,1H3. The Morgan fingerprint density at radius 2 is 2.06 bits per heavy atom. The quantitative estimate of drug-likeness (QED) is 0.859. The Bertz CT molecular complexity index is 405. The first kappa shape index (κ1) is 12.0. The SMILES string of the molecule is CC(O)CN1CCC(=O)N1c1ccc(F)cc1. The summed E-state index contributed by atoms with van der Waals surface area (Å²) in [6.07, 6.45) is -0.0896. The molecule has 2 rings (SSSR count). The van der Waals surface area contributed by atoms with Crippen LogP contribution in [0, 0.1) is 5.82 Å². The predicted molar refractivity (Wildman–Crippen MR) is 61.8 cm³/mol. The molecule has 1 heterocycles. The van der Waals surface area contributed by atoms with E-state index in [1.54, 1.807) is 24.1 Å². The fraction of sp³-hybridized carbons (Fsp3) is 0.417. The number of carbonyl (C=O) groups excluding carboxylic acids is 1. The summed E-state index contributed by atoms with van der Waals surface area (Å²) in [5.74, 6) is -0.361. The molecular weight excluding hydrogens is 223 g/mol. The third kappa shape index (κ3) is 2.62. The van der Waals surface area contributed by atoms with Crippen molar-refractivity contribution in [2.45, 2.75) is 19.4 Å². The lowest BCUT2D eigenvalue weighted by atomic mass is 10.3. The van der Waals surface area contributed by atoms with Crippen LogP contribution in [0.3, 0.4) is 0 Å². The fourth-order valence-corrected chi connectivity index (χ4v) is 1.96. The monoisotopic (exact) mass is 238 g/mol. The molecule has 1 N–H and O–H groups in total. The van der Waals surface area contributed by atoms with E-state index in [0.29, 0.717) is 25.2 Å². The predicted octanol–water partition coefficient (Wildman–Crippen LogP) is 1.16. The van der Waals surface area contributed by atoms with Crippen molar-refractivity contribution in [3.05, 3.63) is 30.1 Å². The highest BCUT2D eigenvalue weighted by Gasteiger charge is 2.30. The Balaban J connectivity index is 2.21. The summed E-state index contributed by atoms with van der Waals surface area (Å²) in [6.45, 7) is 2.65. The molecule has 1 aliphatic heterocycles. The van der Waals surface area contributed by atoms with Crippen LogP contribution in [0.25, 0.3) is 0 Å². The number of carbonyl (C=O) groups is 1. The molecule has 0 bridgehead atoms. The number of amides is 1. The molecule has 1 aromatic rings. The van der Waals surface area contributed by atoms with Gasteiger partial charge in [-0.15, -0.1) is 0 Å². The third-order valence-electron chi connectivity index (χ3n) is 2.65. The van der Waals surface area contributed by atoms with Crippen molar-refractivity contribution < 1.29 is 14.3 Å². The van der Waals surface area contributed by atoms with Gasteiger partial charge in [0.25, 0.3) is 0 Å². The lowest BCUT2D eigenvalue weighted by Crippen LogP contribution is -2.42. The molecule has 0 aromatic heterocycles. The van der Waals surface area contributed by atoms with E-state index in [1.807, 2.05) is 0 Å². The van der Waals surface area contributed by atoms with Crippen LogP contribution in [0.15, 0.2) is 24.3 Å². The molecule has 4 nitrogen and oxygen atoms in total. The van der Waals surface area contributed by atoms with Gasteiger partial charge >= 0.3 is 0 Å². The summed E-state index contributed by atoms with van der Waals surface area (Å²) < 4.78 is 12.8. The number of aliphatic hydroxyl groups excluding tert-OH is 1. The van der Waals surface area contributed by atoms with Crippen LogP contribution in [0.1, 0.15) is 13.3 Å². The van der Waals surface area contributed by atoms with E-state index in [4.69, 9.17) is 0 Å². The summed E-state index contributed by atoms with van der Waals surface area (Å²) in [6, 6.07) is 5.77. The topological polar surface area (TPSA) is 43.8 Å². The Kier molecular flexibility index (Phi) is 3.40. The second-order valence-corrected chi connectivity index (χ2v) is 4.19. The summed E-state index contributed by atoms with van der Waals surface area (Å²) in [7, 11) is 0. The molecule has 1 aromatic carbocycles. The van der Waals surface area contributed by atoms with Crippen molar-refractivity contribution in [3.8, 4) is 0 Å². The smallest absolute Gasteiger partial charge is 0.242 e. The first-order valence-corrected chi connectivity index (χ1v) is 5.59. The number of benzene rings is 1. The molecule has 1 amide bonds. The van der Waals surface area contributed by atoms with E-state index in [9.17, 15) is 14.3 Å². The lowest BCUT2D eigenvalue weighted by molar-refractivity contribution is -0.118. The zero-order chi connectivity index (χ0) is 12.4. The van der Waals surface area contributed by atoms with Gasteiger partial charge in [0.05, 0.1) is 11.8 Å². The van der Waals surface area contributed by atoms with Gasteiger partial charge in [-0.25, -0.2) is 14.4 Å². The van der Waals surface area contributed by atoms with Crippen LogP contribution in [-0.2, 0) is 4.79 Å². The van der Waals surface area contributed by atoms with Crippen LogP contribution < -0.4 is 5.01 Å². The van der Waals surface area contributed by atoms with E-state index in [-0.39, 0.29) is 11.7 Å². The van der Waals surface area contributed by atoms with Crippen molar-refractivity contribution in [3.63, 3.8) is 0 Å². The van der Waals surface area contributed by atoms with Gasteiger partial charge in [-0.3, -0.25) is 4.79 Å². The minimum atomic E-state index is -0.510. The summed E-state index contributed by atoms with van der Waals surface area (Å²) >= 11 is 0. The second kappa shape index (κ2) is 4.81. The minimum Gasteiger partial charge on any atom is -0.392 e. The molecule has 1 unspecified atom stereocenters. The van der Waals surface area contributed by atoms with Gasteiger partial charge in [0.2, 0.25) is 5.91 Å². The normalized spacial score (nSPS) is 18.8. The maximum Gasteiger partial charge on any atom is 0.242 e. The van der Waals surface area contributed by atoms with Gasteiger partial charge in [0.15, 0.2) is 0 Å². The maximum absolute atomic E-state index is 12.8. The number of rotatable bonds is 3. The average Bonchev–Trinajstić information content (AvgIpc) is 2.61. The van der Waals surface area contributed by atoms with Crippen LogP contribution >= 0.6 is 0 Å². The van der Waals surface area contributed by atoms with Crippen molar-refractivity contribution in [1.29, 1.82) is 0 Å². The molecule has 0 aliphatic carbocycles. The molecule has 1 atom stereocenters. The average molecular weight is 238 g/mol. The van der Waals surface area contributed by atoms with Gasteiger partial charge in [0.1, 0.15) is 5.82 Å². The van der Waals surface area contributed by atoms with Gasteiger partial charge in [-0.1, -0.05) is 0 Å². The first-order valence-electron chi connectivity index (χ1n) is 5.59. The number of β-amino-alcohol motifs (C(OH)–C–C–N with tert-alkyl or cyclic N) is 1. The summed E-state index contributed by atoms with van der Waals surface area (Å²) in [5.41, 5.74) is 0.634. The maximum atomic E-state index is 12.8. The summed E-state index contributed by atoms with van der Waals surface area (Å²) in [5, 5.41) is 12.7. The molecule has 0 saturated carbocycles. The molecule has 1 aliphatic rings. The number of hydrogen-bond donors (Lipinski definition) is 1. The highest BCUT2D eigenvalue weighted by Crippen LogP contribution is 2.23. The molecule has 0 spiro atoms. The van der Waals surface area contributed by atoms with Crippen molar-refractivity contribution in [2.75, 3.05) is 18.1 Å². The fourth-order valence-electron chi connectivity index (χ4n) is 1.96. The molecule has 17 heavy (non-hydrogen) atoms. The molecule has 5 heteroatoms. The van der Waals surface area contributed by atoms with Crippen molar-refractivity contribution >= 4 is 11.6 Å². The largest absolute Gasteiger partial charge is 0.392 e. The van der Waals surface area contributed by atoms with E-state index in [2.05, 4.69) is 0 Å². The van der Waals surface area contributed by atoms with E-state index in [0.717, 1.165) is 0 Å². The molecule has 92 valence electrons. The zero-order valence-corrected chi connectivity index (χ0v) is 9.64. The number of hydrogen-bond acceptors (Lipinski definition) is 3. The highest BCUT2D eigenvalue weighted by molar-refractivity contribution is 5.94. The molecule has 0 radical (unpaired) electrons. The number of halogens is 1. The van der Waals surface area contributed by atoms with Gasteiger partial charge in [0, 0.05) is 19.5 Å². The molecule has 1 saturated heterocycles. The number of aliphatic hydroxyl groups is 1. The third-order valence-corrected chi connectivity index (χ3v) is 2.65. The van der Waals surface area contributed by atoms with Crippen LogP contribution in [0.5, 0.6) is 0 Å². The van der Waals surface area contributed by atoms with Gasteiger partial charge < -0.3 is 5.11 Å². The second-order valence-electron chi connectivity index (χ2n) is 4.19. The van der Waals surface area contributed by atoms with Crippen LogP contribution in [-0.4, -0.2) is 35.2 Å². The minimum absolute atomic E-state index is 0.0303. The summed E-state index contributed by atoms with van der Waals surface area (Å²) in [4.78, 5) is 11.8. The highest BCUT2D eigenvalue weighted by atomic mass is 19.1. The van der Waals surface area contributed by atoms with Crippen molar-refractivity contribution in [1.82, 2.24) is 5.01 Å². The number of hydrazine groups is 1. The van der Waals surface area contributed by atoms with Crippen LogP contribution in [0.4, 0.5) is 10.1 Å². The Labute approximate surface area is 99.2 Å². The van der Waals surface area contributed by atoms with E-state index in [1.165, 1.54) is 17.1 Å². The first-order chi connectivity index (χ1) is 8.08. The van der Waals surface area contributed by atoms with E-state index < -0.39 is 6.10 Å². The van der Waals surface area contributed by atoms with Crippen molar-refractivity contribution in [2.24, 2.45) is 0 Å².